The molecule has 1 aliphatic heterocycles. The van der Waals surface area contributed by atoms with Gasteiger partial charge in [-0.1, -0.05) is 12.1 Å². The number of aliphatic hydroxyl groups excluding tert-OH is 1. The predicted molar refractivity (Wildman–Crippen MR) is 136 cm³/mol. The second-order valence-corrected chi connectivity index (χ2v) is 9.00. The van der Waals surface area contributed by atoms with Crippen LogP contribution in [0, 0.1) is 13.8 Å². The van der Waals surface area contributed by atoms with Gasteiger partial charge in [0.1, 0.15) is 17.2 Å². The molecule has 0 spiro atoms. The molecule has 0 aliphatic carbocycles. The lowest BCUT2D eigenvalue weighted by molar-refractivity contribution is -0.139. The molecule has 0 radical (unpaired) electrons. The number of H-pyrrole nitrogens is 1. The van der Waals surface area contributed by atoms with Gasteiger partial charge < -0.3 is 29.4 Å². The molecule has 1 atom stereocenters. The van der Waals surface area contributed by atoms with Crippen molar-refractivity contribution < 1.29 is 29.0 Å². The Bertz CT molecular complexity index is 1160. The average Bonchev–Trinajstić information content (AvgIpc) is 3.27. The highest BCUT2D eigenvalue weighted by molar-refractivity contribution is 6.46. The molecule has 2 N–H and O–H groups in total. The van der Waals surface area contributed by atoms with E-state index in [1.165, 1.54) is 4.90 Å². The van der Waals surface area contributed by atoms with Gasteiger partial charge >= 0.3 is 5.97 Å². The maximum absolute atomic E-state index is 13.3. The second-order valence-electron chi connectivity index (χ2n) is 9.00. The number of aromatic nitrogens is 1. The number of carbonyl (C=O) groups is 3. The molecule has 36 heavy (non-hydrogen) atoms. The standard InChI is InChI=1S/C27H35N3O6/c1-7-35-19-12-10-18(11-13-19)23-21(25(32)26(33)30(23)15-9-14-29(5)6)24(31)20-16(3)22(28-17(20)4)27(34)36-8-2/h10-13,23,28,31H,7-9,14-15H2,1-6H3/t23-/m0/s1. The summed E-state index contributed by atoms with van der Waals surface area (Å²) in [6.45, 7) is 8.75. The molecule has 2 heterocycles. The number of aryl methyl sites for hydroxylation is 1. The summed E-state index contributed by atoms with van der Waals surface area (Å²) in [5, 5.41) is 11.5. The molecule has 0 unspecified atom stereocenters. The number of nitrogens with zero attached hydrogens (tertiary/aromatic N) is 2. The molecule has 1 fully saturated rings. The van der Waals surface area contributed by atoms with Crippen molar-refractivity contribution in [3.05, 3.63) is 57.9 Å². The topological polar surface area (TPSA) is 112 Å². The van der Waals surface area contributed by atoms with E-state index in [9.17, 15) is 19.5 Å². The first-order valence-corrected chi connectivity index (χ1v) is 12.1. The van der Waals surface area contributed by atoms with E-state index in [1.54, 1.807) is 45.0 Å². The van der Waals surface area contributed by atoms with Gasteiger partial charge in [0.25, 0.3) is 11.7 Å². The summed E-state index contributed by atoms with van der Waals surface area (Å²) >= 11 is 0. The Morgan fingerprint density at radius 3 is 2.36 bits per heavy atom. The Hall–Kier alpha value is -3.59. The Kier molecular flexibility index (Phi) is 8.57. The van der Waals surface area contributed by atoms with Crippen molar-refractivity contribution in [2.24, 2.45) is 0 Å². The highest BCUT2D eigenvalue weighted by Crippen LogP contribution is 2.41. The van der Waals surface area contributed by atoms with E-state index in [0.29, 0.717) is 47.7 Å². The molecule has 1 aromatic carbocycles. The molecule has 1 saturated heterocycles. The summed E-state index contributed by atoms with van der Waals surface area (Å²) in [5.74, 6) is -1.62. The van der Waals surface area contributed by atoms with Gasteiger partial charge in [0.15, 0.2) is 0 Å². The normalized spacial score (nSPS) is 17.2. The van der Waals surface area contributed by atoms with Crippen LogP contribution in [0.2, 0.25) is 0 Å². The zero-order chi connectivity index (χ0) is 26.6. The molecular formula is C27H35N3O6. The van der Waals surface area contributed by atoms with E-state index in [0.717, 1.165) is 6.54 Å². The number of amides is 1. The second kappa shape index (κ2) is 11.4. The lowest BCUT2D eigenvalue weighted by atomic mass is 9.94. The van der Waals surface area contributed by atoms with Crippen LogP contribution in [0.4, 0.5) is 0 Å². The largest absolute Gasteiger partial charge is 0.507 e. The smallest absolute Gasteiger partial charge is 0.355 e. The van der Waals surface area contributed by atoms with Gasteiger partial charge in [-0.3, -0.25) is 9.59 Å². The minimum Gasteiger partial charge on any atom is -0.507 e. The zero-order valence-electron chi connectivity index (χ0n) is 21.8. The number of ketones is 1. The van der Waals surface area contributed by atoms with Crippen molar-refractivity contribution in [2.45, 2.75) is 40.2 Å². The van der Waals surface area contributed by atoms with Gasteiger partial charge in [-0.2, -0.15) is 0 Å². The number of ether oxygens (including phenoxy) is 2. The first-order valence-electron chi connectivity index (χ1n) is 12.1. The number of Topliss-reactive ketones (excluding diaryl/α,β-unsaturated/α-hetero) is 1. The summed E-state index contributed by atoms with van der Waals surface area (Å²) in [6, 6.07) is 6.39. The molecule has 2 aromatic rings. The summed E-state index contributed by atoms with van der Waals surface area (Å²) in [6.07, 6.45) is 0.656. The van der Waals surface area contributed by atoms with E-state index in [4.69, 9.17) is 9.47 Å². The summed E-state index contributed by atoms with van der Waals surface area (Å²) in [4.78, 5) is 45.3. The number of carbonyl (C=O) groups excluding carboxylic acids is 3. The van der Waals surface area contributed by atoms with Crippen LogP contribution in [0.15, 0.2) is 29.8 Å². The van der Waals surface area contributed by atoms with E-state index in [1.807, 2.05) is 25.9 Å². The molecule has 3 rings (SSSR count). The van der Waals surface area contributed by atoms with Crippen LogP contribution in [0.5, 0.6) is 5.75 Å². The van der Waals surface area contributed by atoms with E-state index in [2.05, 4.69) is 4.98 Å². The predicted octanol–water partition coefficient (Wildman–Crippen LogP) is 3.58. The number of rotatable bonds is 10. The maximum Gasteiger partial charge on any atom is 0.355 e. The fourth-order valence-corrected chi connectivity index (χ4v) is 4.57. The van der Waals surface area contributed by atoms with Gasteiger partial charge in [-0.15, -0.1) is 0 Å². The van der Waals surface area contributed by atoms with Crippen molar-refractivity contribution in [3.8, 4) is 5.75 Å². The van der Waals surface area contributed by atoms with Crippen molar-refractivity contribution >= 4 is 23.4 Å². The third kappa shape index (κ3) is 5.31. The minimum absolute atomic E-state index is 0.00498. The van der Waals surface area contributed by atoms with Crippen molar-refractivity contribution in [3.63, 3.8) is 0 Å². The summed E-state index contributed by atoms with van der Waals surface area (Å²) in [7, 11) is 3.88. The van der Waals surface area contributed by atoms with E-state index >= 15 is 0 Å². The van der Waals surface area contributed by atoms with Crippen molar-refractivity contribution in [2.75, 3.05) is 40.4 Å². The molecule has 1 amide bonds. The molecule has 9 heteroatoms. The number of aliphatic hydroxyl groups is 1. The van der Waals surface area contributed by atoms with Crippen LogP contribution in [0.3, 0.4) is 0 Å². The molecule has 194 valence electrons. The van der Waals surface area contributed by atoms with Gasteiger partial charge in [0.2, 0.25) is 0 Å². The van der Waals surface area contributed by atoms with Crippen LogP contribution in [0.25, 0.3) is 5.76 Å². The first-order chi connectivity index (χ1) is 17.1. The zero-order valence-corrected chi connectivity index (χ0v) is 21.8. The number of nitrogens with one attached hydrogen (secondary N) is 1. The van der Waals surface area contributed by atoms with Gasteiger partial charge in [0.05, 0.1) is 24.8 Å². The molecule has 0 saturated carbocycles. The Morgan fingerprint density at radius 1 is 1.11 bits per heavy atom. The number of likely N-dealkylation sites (tertiary alicyclic amines) is 1. The van der Waals surface area contributed by atoms with Crippen LogP contribution in [-0.4, -0.2) is 77.9 Å². The Morgan fingerprint density at radius 2 is 1.78 bits per heavy atom. The maximum atomic E-state index is 13.3. The van der Waals surface area contributed by atoms with Crippen LogP contribution in [0.1, 0.15) is 59.2 Å². The van der Waals surface area contributed by atoms with Gasteiger partial charge in [-0.05, 0) is 78.0 Å². The number of aromatic amines is 1. The Balaban J connectivity index is 2.14. The molecular weight excluding hydrogens is 462 g/mol. The highest BCUT2D eigenvalue weighted by Gasteiger charge is 2.46. The van der Waals surface area contributed by atoms with E-state index < -0.39 is 23.7 Å². The fraction of sp³-hybridized carbons (Fsp3) is 0.444. The fourth-order valence-electron chi connectivity index (χ4n) is 4.57. The highest BCUT2D eigenvalue weighted by atomic mass is 16.5. The van der Waals surface area contributed by atoms with Crippen LogP contribution >= 0.6 is 0 Å². The third-order valence-electron chi connectivity index (χ3n) is 6.21. The number of esters is 1. The van der Waals surface area contributed by atoms with Gasteiger partial charge in [-0.25, -0.2) is 4.79 Å². The number of benzene rings is 1. The van der Waals surface area contributed by atoms with Gasteiger partial charge in [0, 0.05) is 17.8 Å². The monoisotopic (exact) mass is 497 g/mol. The van der Waals surface area contributed by atoms with Crippen molar-refractivity contribution in [1.29, 1.82) is 0 Å². The SMILES string of the molecule is CCOC(=O)c1[nH]c(C)c(C(O)=C2C(=O)C(=O)N(CCCN(C)C)[C@H]2c2ccc(OCC)cc2)c1C. The van der Waals surface area contributed by atoms with Crippen molar-refractivity contribution in [1.82, 2.24) is 14.8 Å². The Labute approximate surface area is 211 Å². The minimum atomic E-state index is -0.775. The number of hydrogen-bond donors (Lipinski definition) is 2. The summed E-state index contributed by atoms with van der Waals surface area (Å²) in [5.41, 5.74) is 2.15. The average molecular weight is 498 g/mol. The van der Waals surface area contributed by atoms with E-state index in [-0.39, 0.29) is 23.6 Å². The number of hydrogen-bond acceptors (Lipinski definition) is 7. The molecule has 9 nitrogen and oxygen atoms in total. The molecule has 1 aliphatic rings. The lowest BCUT2D eigenvalue weighted by Gasteiger charge is -2.26. The molecule has 0 bridgehead atoms. The first kappa shape index (κ1) is 27.0. The lowest BCUT2D eigenvalue weighted by Crippen LogP contribution is -2.32. The quantitative estimate of drug-likeness (QED) is 0.223. The summed E-state index contributed by atoms with van der Waals surface area (Å²) < 4.78 is 10.7. The third-order valence-corrected chi connectivity index (χ3v) is 6.21. The van der Waals surface area contributed by atoms with Crippen LogP contribution < -0.4 is 4.74 Å². The van der Waals surface area contributed by atoms with Crippen LogP contribution in [-0.2, 0) is 14.3 Å². The molecule has 1 aromatic heterocycles.